The number of nitrogens with two attached hydrogens (primary N) is 1. The van der Waals surface area contributed by atoms with Crippen LogP contribution in [0.4, 0.5) is 0 Å². The first kappa shape index (κ1) is 13.7. The number of halogens is 1. The molecule has 1 aliphatic carbocycles. The Hall–Kier alpha value is -0.770. The molecule has 0 aliphatic heterocycles. The zero-order valence-electron chi connectivity index (χ0n) is 10.7. The number of aryl methyl sites for hydroxylation is 1. The van der Waals surface area contributed by atoms with Gasteiger partial charge in [-0.2, -0.15) is 0 Å². The summed E-state index contributed by atoms with van der Waals surface area (Å²) in [5.41, 5.74) is 2.20. The zero-order valence-corrected chi connectivity index (χ0v) is 11.5. The van der Waals surface area contributed by atoms with Crippen molar-refractivity contribution in [2.45, 2.75) is 32.6 Å². The van der Waals surface area contributed by atoms with Crippen molar-refractivity contribution in [2.24, 2.45) is 11.8 Å². The Morgan fingerprint density at radius 3 is 2.78 bits per heavy atom. The van der Waals surface area contributed by atoms with Gasteiger partial charge in [0.15, 0.2) is 0 Å². The van der Waals surface area contributed by atoms with Gasteiger partial charge in [0.2, 0.25) is 0 Å². The van der Waals surface area contributed by atoms with Crippen LogP contribution in [-0.4, -0.2) is 13.2 Å². The van der Waals surface area contributed by atoms with Gasteiger partial charge in [-0.3, -0.25) is 0 Å². The standard InChI is InChI=1S/C14H20ClNO2/c1-10-7-12(5-6-18-16)14(13(15)8-10)17-9-11-3-2-4-11/h7-8,11H,2-6,9,16H2,1H3. The molecule has 0 spiro atoms. The fraction of sp³-hybridized carbons (Fsp3) is 0.571. The lowest BCUT2D eigenvalue weighted by Gasteiger charge is -2.26. The van der Waals surface area contributed by atoms with Gasteiger partial charge in [-0.25, -0.2) is 5.90 Å². The molecule has 1 aromatic carbocycles. The first-order valence-corrected chi connectivity index (χ1v) is 6.82. The summed E-state index contributed by atoms with van der Waals surface area (Å²) in [4.78, 5) is 4.64. The Kier molecular flexibility index (Phi) is 4.87. The van der Waals surface area contributed by atoms with E-state index in [1.807, 2.05) is 13.0 Å². The van der Waals surface area contributed by atoms with Crippen LogP contribution < -0.4 is 10.6 Å². The summed E-state index contributed by atoms with van der Waals surface area (Å²) in [7, 11) is 0. The van der Waals surface area contributed by atoms with Gasteiger partial charge in [0.05, 0.1) is 18.2 Å². The SMILES string of the molecule is Cc1cc(Cl)c(OCC2CCC2)c(CCON)c1. The van der Waals surface area contributed by atoms with Gasteiger partial charge in [0.25, 0.3) is 0 Å². The second-order valence-corrected chi connectivity index (χ2v) is 5.37. The molecule has 0 aromatic heterocycles. The molecule has 0 amide bonds. The Balaban J connectivity index is 2.08. The van der Waals surface area contributed by atoms with E-state index >= 15 is 0 Å². The number of benzene rings is 1. The molecule has 1 saturated carbocycles. The summed E-state index contributed by atoms with van der Waals surface area (Å²) in [5, 5.41) is 0.682. The maximum absolute atomic E-state index is 6.26. The molecule has 0 radical (unpaired) electrons. The van der Waals surface area contributed by atoms with Crippen molar-refractivity contribution in [3.8, 4) is 5.75 Å². The second-order valence-electron chi connectivity index (χ2n) is 4.96. The van der Waals surface area contributed by atoms with Crippen molar-refractivity contribution < 1.29 is 9.57 Å². The highest BCUT2D eigenvalue weighted by Gasteiger charge is 2.19. The van der Waals surface area contributed by atoms with Crippen LogP contribution in [0.15, 0.2) is 12.1 Å². The fourth-order valence-electron chi connectivity index (χ4n) is 2.18. The topological polar surface area (TPSA) is 44.5 Å². The molecule has 0 saturated heterocycles. The highest BCUT2D eigenvalue weighted by atomic mass is 35.5. The minimum absolute atomic E-state index is 0.472. The van der Waals surface area contributed by atoms with Gasteiger partial charge < -0.3 is 9.57 Å². The minimum atomic E-state index is 0.472. The first-order valence-electron chi connectivity index (χ1n) is 6.44. The molecule has 2 rings (SSSR count). The third-order valence-corrected chi connectivity index (χ3v) is 3.72. The van der Waals surface area contributed by atoms with E-state index in [-0.39, 0.29) is 0 Å². The molecule has 0 unspecified atom stereocenters. The van der Waals surface area contributed by atoms with E-state index in [0.29, 0.717) is 17.5 Å². The smallest absolute Gasteiger partial charge is 0.141 e. The molecule has 1 fully saturated rings. The Morgan fingerprint density at radius 2 is 2.17 bits per heavy atom. The highest BCUT2D eigenvalue weighted by Crippen LogP contribution is 2.33. The number of hydrogen-bond donors (Lipinski definition) is 1. The van der Waals surface area contributed by atoms with E-state index in [0.717, 1.165) is 29.9 Å². The monoisotopic (exact) mass is 269 g/mol. The first-order chi connectivity index (χ1) is 8.70. The van der Waals surface area contributed by atoms with Crippen LogP contribution in [0, 0.1) is 12.8 Å². The lowest BCUT2D eigenvalue weighted by atomic mass is 9.86. The predicted octanol–water partition coefficient (Wildman–Crippen LogP) is 3.26. The molecule has 1 aromatic rings. The zero-order chi connectivity index (χ0) is 13.0. The summed E-state index contributed by atoms with van der Waals surface area (Å²) in [6, 6.07) is 4.02. The Labute approximate surface area is 113 Å². The Morgan fingerprint density at radius 1 is 1.39 bits per heavy atom. The molecule has 4 heteroatoms. The van der Waals surface area contributed by atoms with E-state index in [2.05, 4.69) is 10.9 Å². The summed E-state index contributed by atoms with van der Waals surface area (Å²) < 4.78 is 5.90. The van der Waals surface area contributed by atoms with E-state index in [4.69, 9.17) is 22.2 Å². The van der Waals surface area contributed by atoms with Crippen molar-refractivity contribution in [3.63, 3.8) is 0 Å². The third-order valence-electron chi connectivity index (χ3n) is 3.44. The molecule has 2 N–H and O–H groups in total. The molecule has 18 heavy (non-hydrogen) atoms. The van der Waals surface area contributed by atoms with Gasteiger partial charge in [0.1, 0.15) is 5.75 Å². The van der Waals surface area contributed by atoms with Gasteiger partial charge >= 0.3 is 0 Å². The number of hydrogen-bond acceptors (Lipinski definition) is 3. The molecule has 0 atom stereocenters. The molecule has 0 bridgehead atoms. The van der Waals surface area contributed by atoms with Crippen molar-refractivity contribution in [1.29, 1.82) is 0 Å². The molecular formula is C14H20ClNO2. The summed E-state index contributed by atoms with van der Waals surface area (Å²) in [5.74, 6) is 6.57. The maximum Gasteiger partial charge on any atom is 0.141 e. The lowest BCUT2D eigenvalue weighted by Crippen LogP contribution is -2.20. The molecule has 100 valence electrons. The van der Waals surface area contributed by atoms with Crippen LogP contribution in [0.5, 0.6) is 5.75 Å². The van der Waals surface area contributed by atoms with Crippen LogP contribution in [0.1, 0.15) is 30.4 Å². The van der Waals surface area contributed by atoms with E-state index in [1.54, 1.807) is 0 Å². The highest BCUT2D eigenvalue weighted by molar-refractivity contribution is 6.32. The maximum atomic E-state index is 6.26. The molecule has 3 nitrogen and oxygen atoms in total. The molecule has 0 heterocycles. The molecular weight excluding hydrogens is 250 g/mol. The summed E-state index contributed by atoms with van der Waals surface area (Å²) in [6.45, 7) is 3.26. The lowest BCUT2D eigenvalue weighted by molar-refractivity contribution is 0.139. The summed E-state index contributed by atoms with van der Waals surface area (Å²) in [6.07, 6.45) is 4.58. The van der Waals surface area contributed by atoms with E-state index < -0.39 is 0 Å². The normalized spacial score (nSPS) is 15.5. The van der Waals surface area contributed by atoms with Gasteiger partial charge in [-0.15, -0.1) is 0 Å². The van der Waals surface area contributed by atoms with Gasteiger partial charge in [-0.1, -0.05) is 24.1 Å². The minimum Gasteiger partial charge on any atom is -0.491 e. The third kappa shape index (κ3) is 3.37. The van der Waals surface area contributed by atoms with Crippen molar-refractivity contribution in [1.82, 2.24) is 0 Å². The van der Waals surface area contributed by atoms with Crippen molar-refractivity contribution in [2.75, 3.05) is 13.2 Å². The van der Waals surface area contributed by atoms with Crippen molar-refractivity contribution in [3.05, 3.63) is 28.3 Å². The second kappa shape index (κ2) is 6.41. The van der Waals surface area contributed by atoms with Crippen LogP contribution in [0.25, 0.3) is 0 Å². The van der Waals surface area contributed by atoms with E-state index in [1.165, 1.54) is 19.3 Å². The predicted molar refractivity (Wildman–Crippen MR) is 72.9 cm³/mol. The molecule has 1 aliphatic rings. The van der Waals surface area contributed by atoms with Crippen LogP contribution >= 0.6 is 11.6 Å². The number of rotatable bonds is 6. The average molecular weight is 270 g/mol. The quantitative estimate of drug-likeness (QED) is 0.806. The largest absolute Gasteiger partial charge is 0.491 e. The van der Waals surface area contributed by atoms with Crippen LogP contribution in [-0.2, 0) is 11.3 Å². The fourth-order valence-corrected chi connectivity index (χ4v) is 2.53. The van der Waals surface area contributed by atoms with Crippen molar-refractivity contribution >= 4 is 11.6 Å². The van der Waals surface area contributed by atoms with Gasteiger partial charge in [-0.05, 0) is 42.9 Å². The van der Waals surface area contributed by atoms with Gasteiger partial charge in [0, 0.05) is 6.42 Å². The van der Waals surface area contributed by atoms with Crippen LogP contribution in [0.2, 0.25) is 5.02 Å². The average Bonchev–Trinajstić information content (AvgIpc) is 2.26. The van der Waals surface area contributed by atoms with E-state index in [9.17, 15) is 0 Å². The number of ether oxygens (including phenoxy) is 1. The Bertz CT molecular complexity index is 405. The van der Waals surface area contributed by atoms with Crippen LogP contribution in [0.3, 0.4) is 0 Å². The summed E-state index contributed by atoms with van der Waals surface area (Å²) >= 11 is 6.26.